The molecule has 2 heteroatoms. The Morgan fingerprint density at radius 2 is 2.12 bits per heavy atom. The molecule has 1 nitrogen and oxygen atoms in total. The molecule has 0 amide bonds. The molecule has 0 radical (unpaired) electrons. The van der Waals surface area contributed by atoms with E-state index in [4.69, 9.17) is 4.74 Å². The standard InChI is InChI=1S/C14H17BrO/c1-8-6-11-12(14(8)16-2)7-9-4-3-5-10(9)13(11)15/h7-8,14H,3-6H2,1-2H3/t8-,14?/m1/s1. The van der Waals surface area contributed by atoms with E-state index in [0.29, 0.717) is 12.0 Å². The highest BCUT2D eigenvalue weighted by Gasteiger charge is 2.33. The normalized spacial score (nSPS) is 26.9. The van der Waals surface area contributed by atoms with Gasteiger partial charge in [-0.2, -0.15) is 0 Å². The van der Waals surface area contributed by atoms with Gasteiger partial charge in [0, 0.05) is 11.6 Å². The van der Waals surface area contributed by atoms with Crippen molar-refractivity contribution in [3.05, 3.63) is 32.8 Å². The zero-order valence-corrected chi connectivity index (χ0v) is 11.4. The average molecular weight is 281 g/mol. The molecular formula is C14H17BrO. The van der Waals surface area contributed by atoms with Crippen LogP contribution >= 0.6 is 15.9 Å². The average Bonchev–Trinajstić information content (AvgIpc) is 2.83. The Morgan fingerprint density at radius 3 is 2.88 bits per heavy atom. The second-order valence-corrected chi connectivity index (χ2v) is 5.88. The summed E-state index contributed by atoms with van der Waals surface area (Å²) >= 11 is 3.81. The van der Waals surface area contributed by atoms with Crippen LogP contribution in [0.1, 0.15) is 41.7 Å². The third-order valence-electron chi connectivity index (χ3n) is 4.07. The van der Waals surface area contributed by atoms with Gasteiger partial charge in [-0.25, -0.2) is 0 Å². The van der Waals surface area contributed by atoms with E-state index in [-0.39, 0.29) is 0 Å². The van der Waals surface area contributed by atoms with Crippen molar-refractivity contribution in [2.45, 2.75) is 38.7 Å². The summed E-state index contributed by atoms with van der Waals surface area (Å²) in [5, 5.41) is 0. The minimum absolute atomic E-state index is 0.303. The summed E-state index contributed by atoms with van der Waals surface area (Å²) in [4.78, 5) is 0. The third kappa shape index (κ3) is 1.39. The summed E-state index contributed by atoms with van der Waals surface area (Å²) in [5.74, 6) is 0.610. The maximum atomic E-state index is 5.64. The van der Waals surface area contributed by atoms with Gasteiger partial charge in [0.25, 0.3) is 0 Å². The Balaban J connectivity index is 2.17. The number of fused-ring (bicyclic) bond motifs is 2. The molecule has 86 valence electrons. The molecule has 0 saturated heterocycles. The van der Waals surface area contributed by atoms with E-state index in [1.54, 1.807) is 11.1 Å². The SMILES string of the molecule is COC1c2cc3c(c(Br)c2C[C@H]1C)CCC3. The van der Waals surface area contributed by atoms with Crippen LogP contribution in [0.2, 0.25) is 0 Å². The van der Waals surface area contributed by atoms with Gasteiger partial charge in [-0.15, -0.1) is 0 Å². The molecule has 1 aromatic carbocycles. The fourth-order valence-electron chi connectivity index (χ4n) is 3.32. The van der Waals surface area contributed by atoms with E-state index in [2.05, 4.69) is 28.9 Å². The van der Waals surface area contributed by atoms with E-state index < -0.39 is 0 Å². The molecule has 0 spiro atoms. The molecule has 2 atom stereocenters. The van der Waals surface area contributed by atoms with E-state index >= 15 is 0 Å². The molecule has 1 unspecified atom stereocenters. The molecule has 0 aromatic heterocycles. The predicted octanol–water partition coefficient (Wildman–Crippen LogP) is 3.82. The van der Waals surface area contributed by atoms with Gasteiger partial charge < -0.3 is 4.74 Å². The van der Waals surface area contributed by atoms with Gasteiger partial charge in [0.05, 0.1) is 6.10 Å². The van der Waals surface area contributed by atoms with Gasteiger partial charge in [0.2, 0.25) is 0 Å². The number of hydrogen-bond donors (Lipinski definition) is 0. The number of benzene rings is 1. The monoisotopic (exact) mass is 280 g/mol. The zero-order valence-electron chi connectivity index (χ0n) is 9.85. The van der Waals surface area contributed by atoms with E-state index in [0.717, 1.165) is 6.42 Å². The minimum Gasteiger partial charge on any atom is -0.376 e. The first kappa shape index (κ1) is 10.8. The van der Waals surface area contributed by atoms with Crippen LogP contribution in [0.25, 0.3) is 0 Å². The molecule has 2 aliphatic rings. The van der Waals surface area contributed by atoms with Crippen molar-refractivity contribution in [3.63, 3.8) is 0 Å². The summed E-state index contributed by atoms with van der Waals surface area (Å²) in [5.41, 5.74) is 6.03. The first-order valence-corrected chi connectivity index (χ1v) is 6.87. The number of ether oxygens (including phenoxy) is 1. The fraction of sp³-hybridized carbons (Fsp3) is 0.571. The Hall–Kier alpha value is -0.340. The Morgan fingerprint density at radius 1 is 1.31 bits per heavy atom. The lowest BCUT2D eigenvalue weighted by atomic mass is 10.0. The first-order chi connectivity index (χ1) is 7.72. The predicted molar refractivity (Wildman–Crippen MR) is 68.8 cm³/mol. The van der Waals surface area contributed by atoms with Crippen LogP contribution in [0.4, 0.5) is 0 Å². The van der Waals surface area contributed by atoms with Crippen LogP contribution in [0, 0.1) is 5.92 Å². The molecule has 0 aliphatic heterocycles. The lowest BCUT2D eigenvalue weighted by Crippen LogP contribution is -2.05. The zero-order chi connectivity index (χ0) is 11.3. The highest BCUT2D eigenvalue weighted by atomic mass is 79.9. The van der Waals surface area contributed by atoms with Crippen LogP contribution < -0.4 is 0 Å². The quantitative estimate of drug-likeness (QED) is 0.760. The molecule has 0 heterocycles. The summed E-state index contributed by atoms with van der Waals surface area (Å²) in [6.07, 6.45) is 5.25. The van der Waals surface area contributed by atoms with Gasteiger partial charge in [-0.3, -0.25) is 0 Å². The summed E-state index contributed by atoms with van der Waals surface area (Å²) in [6.45, 7) is 2.28. The first-order valence-electron chi connectivity index (χ1n) is 6.08. The van der Waals surface area contributed by atoms with Gasteiger partial charge in [0.15, 0.2) is 0 Å². The Kier molecular flexibility index (Phi) is 2.60. The van der Waals surface area contributed by atoms with Crippen molar-refractivity contribution >= 4 is 15.9 Å². The van der Waals surface area contributed by atoms with Crippen molar-refractivity contribution in [3.8, 4) is 0 Å². The maximum Gasteiger partial charge on any atom is 0.0852 e. The second-order valence-electron chi connectivity index (χ2n) is 5.09. The van der Waals surface area contributed by atoms with Crippen LogP contribution in [-0.2, 0) is 24.0 Å². The van der Waals surface area contributed by atoms with Gasteiger partial charge in [0.1, 0.15) is 0 Å². The molecule has 1 aromatic rings. The van der Waals surface area contributed by atoms with Crippen molar-refractivity contribution < 1.29 is 4.74 Å². The second kappa shape index (κ2) is 3.85. The summed E-state index contributed by atoms with van der Waals surface area (Å²) in [6, 6.07) is 2.40. The lowest BCUT2D eigenvalue weighted by molar-refractivity contribution is 0.0695. The minimum atomic E-state index is 0.303. The van der Waals surface area contributed by atoms with Crippen molar-refractivity contribution in [1.82, 2.24) is 0 Å². The number of aryl methyl sites for hydroxylation is 1. The number of halogens is 1. The molecule has 2 aliphatic carbocycles. The fourth-order valence-corrected chi connectivity index (χ4v) is 4.16. The molecular weight excluding hydrogens is 264 g/mol. The van der Waals surface area contributed by atoms with Crippen LogP contribution in [-0.4, -0.2) is 7.11 Å². The van der Waals surface area contributed by atoms with Crippen molar-refractivity contribution in [2.24, 2.45) is 5.92 Å². The summed E-state index contributed by atoms with van der Waals surface area (Å²) in [7, 11) is 1.83. The molecule has 16 heavy (non-hydrogen) atoms. The Labute approximate surface area is 105 Å². The highest BCUT2D eigenvalue weighted by Crippen LogP contribution is 2.45. The van der Waals surface area contributed by atoms with Crippen LogP contribution in [0.5, 0.6) is 0 Å². The van der Waals surface area contributed by atoms with Crippen molar-refractivity contribution in [1.29, 1.82) is 0 Å². The largest absolute Gasteiger partial charge is 0.376 e. The maximum absolute atomic E-state index is 5.64. The van der Waals surface area contributed by atoms with Gasteiger partial charge in [-0.05, 0) is 53.9 Å². The topological polar surface area (TPSA) is 9.23 Å². The van der Waals surface area contributed by atoms with Crippen LogP contribution in [0.15, 0.2) is 10.5 Å². The molecule has 0 fully saturated rings. The molecule has 0 bridgehead atoms. The van der Waals surface area contributed by atoms with E-state index in [9.17, 15) is 0 Å². The summed E-state index contributed by atoms with van der Waals surface area (Å²) < 4.78 is 7.02. The van der Waals surface area contributed by atoms with Crippen LogP contribution in [0.3, 0.4) is 0 Å². The van der Waals surface area contributed by atoms with E-state index in [1.165, 1.54) is 34.9 Å². The number of methoxy groups -OCH3 is 1. The smallest absolute Gasteiger partial charge is 0.0852 e. The third-order valence-corrected chi connectivity index (χ3v) is 5.03. The molecule has 0 saturated carbocycles. The molecule has 3 rings (SSSR count). The lowest BCUT2D eigenvalue weighted by Gasteiger charge is -2.15. The number of rotatable bonds is 1. The van der Waals surface area contributed by atoms with Crippen molar-refractivity contribution in [2.75, 3.05) is 7.11 Å². The molecule has 0 N–H and O–H groups in total. The highest BCUT2D eigenvalue weighted by molar-refractivity contribution is 9.10. The number of hydrogen-bond acceptors (Lipinski definition) is 1. The van der Waals surface area contributed by atoms with Gasteiger partial charge >= 0.3 is 0 Å². The van der Waals surface area contributed by atoms with Gasteiger partial charge in [-0.1, -0.05) is 28.9 Å². The Bertz CT molecular complexity index is 439. The van der Waals surface area contributed by atoms with E-state index in [1.807, 2.05) is 7.11 Å².